The van der Waals surface area contributed by atoms with Gasteiger partial charge in [-0.15, -0.1) is 6.58 Å². The van der Waals surface area contributed by atoms with Gasteiger partial charge in [-0.1, -0.05) is 6.08 Å². The van der Waals surface area contributed by atoms with Crippen molar-refractivity contribution in [1.29, 1.82) is 0 Å². The number of carbonyl (C=O) groups excluding carboxylic acids is 1. The summed E-state index contributed by atoms with van der Waals surface area (Å²) in [6.45, 7) is 7.40. The molecule has 0 aliphatic carbocycles. The van der Waals surface area contributed by atoms with Crippen LogP contribution in [0.3, 0.4) is 0 Å². The van der Waals surface area contributed by atoms with Crippen LogP contribution in [-0.4, -0.2) is 42.6 Å². The third-order valence-corrected chi connectivity index (χ3v) is 2.59. The Hall–Kier alpha value is -0.870. The summed E-state index contributed by atoms with van der Waals surface area (Å²) in [5.74, 6) is 0.170. The smallest absolute Gasteiger partial charge is 0.223 e. The fourth-order valence-electron chi connectivity index (χ4n) is 1.60. The highest BCUT2D eigenvalue weighted by Crippen LogP contribution is 2.09. The van der Waals surface area contributed by atoms with Crippen LogP contribution in [0.25, 0.3) is 0 Å². The molecule has 4 nitrogen and oxygen atoms in total. The number of hydrogen-bond donors (Lipinski definition) is 1. The summed E-state index contributed by atoms with van der Waals surface area (Å²) in [6, 6.07) is -0.0278. The molecule has 1 rings (SSSR count). The molecule has 1 aliphatic rings. The Bertz CT molecular complexity index is 229. The second-order valence-electron chi connectivity index (χ2n) is 3.94. The monoisotopic (exact) mass is 212 g/mol. The van der Waals surface area contributed by atoms with E-state index in [0.29, 0.717) is 26.1 Å². The minimum Gasteiger partial charge on any atom is -0.373 e. The van der Waals surface area contributed by atoms with E-state index in [1.54, 1.807) is 6.08 Å². The predicted octanol–water partition coefficient (Wildman–Crippen LogP) is 0.527. The zero-order chi connectivity index (χ0) is 11.3. The summed E-state index contributed by atoms with van der Waals surface area (Å²) >= 11 is 0. The highest BCUT2D eigenvalue weighted by molar-refractivity contribution is 5.76. The lowest BCUT2D eigenvalue weighted by molar-refractivity contribution is -0.139. The van der Waals surface area contributed by atoms with E-state index >= 15 is 0 Å². The van der Waals surface area contributed by atoms with Crippen molar-refractivity contribution in [3.05, 3.63) is 12.7 Å². The lowest BCUT2D eigenvalue weighted by Crippen LogP contribution is -2.51. The number of nitrogens with two attached hydrogens (primary N) is 1. The topological polar surface area (TPSA) is 55.6 Å². The van der Waals surface area contributed by atoms with E-state index in [9.17, 15) is 4.79 Å². The van der Waals surface area contributed by atoms with Crippen LogP contribution in [0.4, 0.5) is 0 Å². The van der Waals surface area contributed by atoms with Crippen molar-refractivity contribution in [2.75, 3.05) is 19.7 Å². The van der Waals surface area contributed by atoms with Crippen molar-refractivity contribution < 1.29 is 9.53 Å². The van der Waals surface area contributed by atoms with Crippen LogP contribution < -0.4 is 5.73 Å². The van der Waals surface area contributed by atoms with E-state index in [2.05, 4.69) is 6.58 Å². The van der Waals surface area contributed by atoms with E-state index in [-0.39, 0.29) is 18.1 Å². The first-order chi connectivity index (χ1) is 7.15. The van der Waals surface area contributed by atoms with Crippen LogP contribution in [0, 0.1) is 0 Å². The summed E-state index contributed by atoms with van der Waals surface area (Å²) in [7, 11) is 0. The maximum absolute atomic E-state index is 11.7. The highest BCUT2D eigenvalue weighted by Gasteiger charge is 2.25. The molecule has 2 atom stereocenters. The molecule has 0 bridgehead atoms. The zero-order valence-corrected chi connectivity index (χ0v) is 9.32. The highest BCUT2D eigenvalue weighted by atomic mass is 16.5. The number of rotatable bonds is 4. The molecule has 1 heterocycles. The van der Waals surface area contributed by atoms with Gasteiger partial charge in [-0.25, -0.2) is 0 Å². The quantitative estimate of drug-likeness (QED) is 0.691. The molecule has 2 N–H and O–H groups in total. The second kappa shape index (κ2) is 5.88. The van der Waals surface area contributed by atoms with Crippen LogP contribution in [0.2, 0.25) is 0 Å². The number of hydrogen-bond acceptors (Lipinski definition) is 3. The predicted molar refractivity (Wildman–Crippen MR) is 59.4 cm³/mol. The van der Waals surface area contributed by atoms with E-state index in [0.717, 1.165) is 6.42 Å². The van der Waals surface area contributed by atoms with Gasteiger partial charge in [0.25, 0.3) is 0 Å². The summed E-state index contributed by atoms with van der Waals surface area (Å²) < 4.78 is 5.49. The van der Waals surface area contributed by atoms with Gasteiger partial charge in [0.15, 0.2) is 0 Å². The summed E-state index contributed by atoms with van der Waals surface area (Å²) in [5.41, 5.74) is 5.75. The van der Waals surface area contributed by atoms with Crippen LogP contribution in [0.15, 0.2) is 12.7 Å². The Labute approximate surface area is 91.1 Å². The molecule has 86 valence electrons. The number of carbonyl (C=O) groups is 1. The molecular formula is C11H20N2O2. The van der Waals surface area contributed by atoms with Crippen molar-refractivity contribution in [2.24, 2.45) is 5.73 Å². The van der Waals surface area contributed by atoms with Crippen molar-refractivity contribution in [3.63, 3.8) is 0 Å². The third kappa shape index (κ3) is 3.64. The molecule has 15 heavy (non-hydrogen) atoms. The Balaban J connectivity index is 2.41. The van der Waals surface area contributed by atoms with E-state index in [1.807, 2.05) is 11.8 Å². The molecule has 0 aromatic rings. The first-order valence-corrected chi connectivity index (χ1v) is 5.41. The van der Waals surface area contributed by atoms with Gasteiger partial charge in [-0.05, 0) is 13.3 Å². The van der Waals surface area contributed by atoms with Crippen molar-refractivity contribution >= 4 is 5.91 Å². The average Bonchev–Trinajstić information content (AvgIpc) is 2.26. The summed E-state index contributed by atoms with van der Waals surface area (Å²) in [5, 5.41) is 0. The number of morpholine rings is 1. The molecule has 4 heteroatoms. The third-order valence-electron chi connectivity index (χ3n) is 2.59. The second-order valence-corrected chi connectivity index (χ2v) is 3.94. The molecule has 0 spiro atoms. The Morgan fingerprint density at radius 2 is 2.53 bits per heavy atom. The van der Waals surface area contributed by atoms with Gasteiger partial charge in [-0.3, -0.25) is 4.79 Å². The number of nitrogens with zero attached hydrogens (tertiary/aromatic N) is 1. The molecule has 1 fully saturated rings. The standard InChI is InChI=1S/C11H20N2O2/c1-3-4-5-11(14)13-6-7-15-10(8-13)9(2)12/h3,9-10H,1,4-8,12H2,2H3. The Morgan fingerprint density at radius 3 is 3.13 bits per heavy atom. The Kier molecular flexibility index (Phi) is 4.78. The van der Waals surface area contributed by atoms with Gasteiger partial charge in [0.2, 0.25) is 5.91 Å². The van der Waals surface area contributed by atoms with Crippen LogP contribution in [0.5, 0.6) is 0 Å². The zero-order valence-electron chi connectivity index (χ0n) is 9.32. The van der Waals surface area contributed by atoms with Crippen molar-refractivity contribution in [1.82, 2.24) is 4.90 Å². The number of allylic oxidation sites excluding steroid dienone is 1. The van der Waals surface area contributed by atoms with E-state index in [4.69, 9.17) is 10.5 Å². The molecule has 0 saturated carbocycles. The first-order valence-electron chi connectivity index (χ1n) is 5.41. The fraction of sp³-hybridized carbons (Fsp3) is 0.727. The van der Waals surface area contributed by atoms with Gasteiger partial charge in [0.1, 0.15) is 0 Å². The largest absolute Gasteiger partial charge is 0.373 e. The molecule has 2 unspecified atom stereocenters. The van der Waals surface area contributed by atoms with Gasteiger partial charge in [0.05, 0.1) is 12.7 Å². The first kappa shape index (κ1) is 12.2. The molecule has 1 aliphatic heterocycles. The van der Waals surface area contributed by atoms with Crippen molar-refractivity contribution in [2.45, 2.75) is 31.9 Å². The van der Waals surface area contributed by atoms with Gasteiger partial charge < -0.3 is 15.4 Å². The molecule has 1 saturated heterocycles. The minimum absolute atomic E-state index is 0.0218. The van der Waals surface area contributed by atoms with Crippen LogP contribution in [0.1, 0.15) is 19.8 Å². The normalized spacial score (nSPS) is 23.6. The SMILES string of the molecule is C=CCCC(=O)N1CCOC(C(C)N)C1. The number of amides is 1. The average molecular weight is 212 g/mol. The van der Waals surface area contributed by atoms with Gasteiger partial charge in [0, 0.05) is 25.6 Å². The molecular weight excluding hydrogens is 192 g/mol. The molecule has 0 aromatic heterocycles. The molecule has 0 aromatic carbocycles. The van der Waals surface area contributed by atoms with Crippen molar-refractivity contribution in [3.8, 4) is 0 Å². The van der Waals surface area contributed by atoms with Gasteiger partial charge >= 0.3 is 0 Å². The minimum atomic E-state index is -0.0278. The Morgan fingerprint density at radius 1 is 1.80 bits per heavy atom. The lowest BCUT2D eigenvalue weighted by Gasteiger charge is -2.34. The molecule has 0 radical (unpaired) electrons. The van der Waals surface area contributed by atoms with Gasteiger partial charge in [-0.2, -0.15) is 0 Å². The summed E-state index contributed by atoms with van der Waals surface area (Å²) in [6.07, 6.45) is 3.02. The van der Waals surface area contributed by atoms with E-state index in [1.165, 1.54) is 0 Å². The van der Waals surface area contributed by atoms with Crippen LogP contribution >= 0.6 is 0 Å². The number of ether oxygens (including phenoxy) is 1. The summed E-state index contributed by atoms with van der Waals surface area (Å²) in [4.78, 5) is 13.5. The maximum Gasteiger partial charge on any atom is 0.223 e. The maximum atomic E-state index is 11.7. The fourth-order valence-corrected chi connectivity index (χ4v) is 1.60. The lowest BCUT2D eigenvalue weighted by atomic mass is 10.1. The molecule has 1 amide bonds. The van der Waals surface area contributed by atoms with E-state index < -0.39 is 0 Å². The van der Waals surface area contributed by atoms with Crippen LogP contribution in [-0.2, 0) is 9.53 Å².